The maximum atomic E-state index is 13.3. The predicted molar refractivity (Wildman–Crippen MR) is 529 cm³/mol. The number of halogens is 1. The number of hydrogen-bond acceptors (Lipinski definition) is 18. The maximum absolute atomic E-state index is 13.3. The number of carbonyl (C=O) groups is 10. The molecule has 5 unspecified atom stereocenters. The number of nitrogens with one attached hydrogen (secondary N) is 10. The van der Waals surface area contributed by atoms with Gasteiger partial charge in [-0.25, -0.2) is 68.6 Å². The van der Waals surface area contributed by atoms with Gasteiger partial charge in [-0.15, -0.1) is 33.2 Å². The summed E-state index contributed by atoms with van der Waals surface area (Å²) in [5, 5.41) is 16.6. The van der Waals surface area contributed by atoms with Gasteiger partial charge in [0.15, 0.2) is 49.6 Å². The fraction of sp³-hybridized carbons (Fsp3) is 0.320. The number of benzene rings is 9. The van der Waals surface area contributed by atoms with Crippen molar-refractivity contribution < 1.29 is 78.5 Å². The van der Waals surface area contributed by atoms with Gasteiger partial charge < -0.3 is 36.1 Å². The highest BCUT2D eigenvalue weighted by Crippen LogP contribution is 2.46. The first-order valence-corrected chi connectivity index (χ1v) is 55.3. The summed E-state index contributed by atoms with van der Waals surface area (Å²) < 4.78 is 108. The Bertz CT molecular complexity index is 7440. The van der Waals surface area contributed by atoms with Crippen molar-refractivity contribution in [1.82, 2.24) is 23.6 Å². The molecule has 139 heavy (non-hydrogen) atoms. The molecule has 32 nitrogen and oxygen atoms in total. The summed E-state index contributed by atoms with van der Waals surface area (Å²) in [4.78, 5) is 126. The molecular weight excluding hydrogens is 1910 g/mol. The van der Waals surface area contributed by atoms with Crippen LogP contribution in [0.15, 0.2) is 167 Å². The summed E-state index contributed by atoms with van der Waals surface area (Å²) in [6, 6.07) is 30.7. The molecule has 7 heterocycles. The number of nitrogens with zero attached hydrogens (tertiary/aromatic N) is 5. The van der Waals surface area contributed by atoms with Crippen LogP contribution in [-0.2, 0) is 159 Å². The molecule has 5 atom stereocenters. The van der Waals surface area contributed by atoms with Crippen molar-refractivity contribution in [2.75, 3.05) is 40.3 Å². The number of thiophene rings is 1. The van der Waals surface area contributed by atoms with Gasteiger partial charge in [0.2, 0.25) is 0 Å². The van der Waals surface area contributed by atoms with Crippen LogP contribution in [0.25, 0.3) is 0 Å². The smallest absolute Gasteiger partial charge is 0.331 e. The zero-order valence-corrected chi connectivity index (χ0v) is 82.2. The third kappa shape index (κ3) is 17.6. The number of urea groups is 5. The fourth-order valence-electron chi connectivity index (χ4n) is 21.5. The van der Waals surface area contributed by atoms with Crippen LogP contribution in [0.1, 0.15) is 234 Å². The molecule has 24 rings (SSSR count). The average Bonchev–Trinajstić information content (AvgIpc) is 1.61. The highest BCUT2D eigenvalue weighted by atomic mass is 35.5. The minimum absolute atomic E-state index is 0.156. The topological polar surface area (TPSA) is 457 Å². The van der Waals surface area contributed by atoms with Crippen LogP contribution < -0.4 is 59.7 Å². The van der Waals surface area contributed by atoms with Crippen molar-refractivity contribution in [3.8, 4) is 11.5 Å². The monoisotopic (exact) mass is 2010 g/mol. The van der Waals surface area contributed by atoms with Crippen LogP contribution in [0.3, 0.4) is 0 Å². The molecule has 6 aliphatic heterocycles. The molecule has 0 bridgehead atoms. The van der Waals surface area contributed by atoms with E-state index in [0.29, 0.717) is 56.6 Å². The van der Waals surface area contributed by atoms with E-state index in [4.69, 9.17) is 21.1 Å². The van der Waals surface area contributed by atoms with Gasteiger partial charge >= 0.3 is 30.2 Å². The van der Waals surface area contributed by atoms with Gasteiger partial charge in [-0.05, 0) is 346 Å². The third-order valence-corrected chi connectivity index (χ3v) is 38.0. The van der Waals surface area contributed by atoms with Crippen LogP contribution in [-0.4, -0.2) is 94.5 Å². The average molecular weight is 2010 g/mol. The predicted octanol–water partition coefficient (Wildman–Crippen LogP) is 18.3. The van der Waals surface area contributed by atoms with Crippen LogP contribution in [0, 0.1) is 13.8 Å². The molecule has 39 heteroatoms. The zero-order valence-electron chi connectivity index (χ0n) is 76.5. The number of rotatable bonds is 12. The molecule has 0 fully saturated rings. The number of fused-ring (bicyclic) bond motifs is 14. The van der Waals surface area contributed by atoms with Crippen molar-refractivity contribution in [2.45, 2.75) is 219 Å². The van der Waals surface area contributed by atoms with E-state index in [-0.39, 0.29) is 41.5 Å². The van der Waals surface area contributed by atoms with E-state index >= 15 is 0 Å². The van der Waals surface area contributed by atoms with E-state index in [0.717, 1.165) is 194 Å². The Balaban J connectivity index is 0.000000107. The molecule has 1 aromatic heterocycles. The molecular formula is C100H98ClN15O17S6. The first-order valence-electron chi connectivity index (χ1n) is 46.4. The fourth-order valence-corrected chi connectivity index (χ4v) is 31.1. The number of ether oxygens (including phenoxy) is 2. The number of anilines is 5. The highest BCUT2D eigenvalue weighted by molar-refractivity contribution is 7.94. The highest BCUT2D eigenvalue weighted by Gasteiger charge is 2.41. The molecule has 10 aromatic rings. The number of aryl methyl sites for hydroxylation is 10. The quantitative estimate of drug-likeness (QED) is 0.0543. The zero-order chi connectivity index (χ0) is 97.0. The minimum atomic E-state index is -3.41. The Labute approximate surface area is 813 Å². The van der Waals surface area contributed by atoms with E-state index in [1.165, 1.54) is 138 Å². The SMILES string of the molecule is CC(C)c1ccc2c(c1NC(=O)NS1(=O)=NC(=O)c3sccc31)CCO2.COc1ccc2c(c1)S(=O)(NC(=O)Nc1c3c(cc4c1CCC4)CCC3)=NC2=O.Cc1cccc2c1C(=O)N=S2(=O)NC(=O)Nc1c2c(cc3c1CCC3)CCC2.Cc1cccc2c1C(=O)N=S2(=O)NC(=O)Nc1c2c(cc3c1CCC3)CCC2.O=C(Nc1c2c(cc3c1CCC3)CCC2)NS1(=O)=NC(=O)c2ccc(Cl)cc21. The Hall–Kier alpha value is -13.0. The van der Waals surface area contributed by atoms with Gasteiger partial charge in [-0.3, -0.25) is 24.0 Å². The van der Waals surface area contributed by atoms with E-state index in [2.05, 4.69) is 96.3 Å². The van der Waals surface area contributed by atoms with Crippen molar-refractivity contribution in [3.05, 3.63) is 264 Å². The second-order valence-electron chi connectivity index (χ2n) is 36.6. The summed E-state index contributed by atoms with van der Waals surface area (Å²) in [5.41, 5.74) is 28.4. The molecule has 8 aliphatic carbocycles. The molecule has 15 amide bonds. The van der Waals surface area contributed by atoms with Crippen molar-refractivity contribution in [3.63, 3.8) is 0 Å². The molecule has 0 saturated heterocycles. The van der Waals surface area contributed by atoms with Crippen LogP contribution in [0.4, 0.5) is 52.4 Å². The largest absolute Gasteiger partial charge is 0.497 e. The second kappa shape index (κ2) is 37.0. The molecule has 718 valence electrons. The Morgan fingerprint density at radius 2 is 0.691 bits per heavy atom. The lowest BCUT2D eigenvalue weighted by molar-refractivity contribution is 0.0996. The van der Waals surface area contributed by atoms with Crippen molar-refractivity contribution >= 4 is 161 Å². The first-order chi connectivity index (χ1) is 66.7. The Morgan fingerprint density at radius 3 is 1.06 bits per heavy atom. The maximum Gasteiger partial charge on any atom is 0.331 e. The van der Waals surface area contributed by atoms with E-state index in [1.54, 1.807) is 67.8 Å². The standard InChI is InChI=1S/C21H21N3O4S.2C21H21N3O3S.C20H18ClN3O3S.C17H17N3O4S2/c1-28-14-8-9-17-18(11-14)29(27,23-20(17)25)24-21(26)22-19-15-6-2-4-12(15)10-13-5-3-7-16(13)19;2*1-12-5-2-10-17-18(12)20(25)23-28(17,27)24-21(26)22-19-15-8-3-6-13(15)11-14-7-4-9-16(14)19;21-13-7-8-16-17(10-13)28(27,23-19(16)25)24-20(26)22-18-14-5-1-3-11(14)9-12-4-2-6-15(12)18;1-9(2)10-3-4-12-11(5-7-24-12)14(10)18-17(22)20-26(23)13-6-8-25-15(13)16(21)19-26/h8-11H,2-7H2,1H3,(H2,22,23,24,25,26,27);2*2,5,10-11H,3-4,6-9H2,1H3,(H2,22,23,24,25,26,27);7-10H,1-6H2,(H2,22,23,24,25,26,27);3-4,6,8-9H,5,7H2,1-2H3,(H2,18,19,20,21,22,23). The number of methoxy groups -OCH3 is 1. The number of carbonyl (C=O) groups excluding carboxylic acids is 10. The van der Waals surface area contributed by atoms with E-state index in [1.807, 2.05) is 26.0 Å². The molecule has 0 radical (unpaired) electrons. The normalized spacial score (nSPS) is 21.3. The lowest BCUT2D eigenvalue weighted by Crippen LogP contribution is -2.34. The number of amides is 15. The van der Waals surface area contributed by atoms with Gasteiger partial charge in [-0.1, -0.05) is 80.0 Å². The van der Waals surface area contributed by atoms with Gasteiger partial charge in [0.1, 0.15) is 16.4 Å². The Kier molecular flexibility index (Phi) is 24.9. The van der Waals surface area contributed by atoms with Crippen molar-refractivity contribution in [2.24, 2.45) is 21.8 Å². The number of hydrogen-bond donors (Lipinski definition) is 10. The third-order valence-electron chi connectivity index (χ3n) is 27.6. The van der Waals surface area contributed by atoms with E-state index in [9.17, 15) is 69.0 Å². The molecule has 14 aliphatic rings. The first kappa shape index (κ1) is 93.7. The van der Waals surface area contributed by atoms with Gasteiger partial charge in [0, 0.05) is 39.8 Å². The Morgan fingerprint density at radius 1 is 0.360 bits per heavy atom. The lowest BCUT2D eigenvalue weighted by atomic mass is 9.96. The lowest BCUT2D eigenvalue weighted by Gasteiger charge is -2.18. The van der Waals surface area contributed by atoms with Crippen molar-refractivity contribution in [1.29, 1.82) is 0 Å². The van der Waals surface area contributed by atoms with Crippen LogP contribution >= 0.6 is 22.9 Å². The van der Waals surface area contributed by atoms with Gasteiger partial charge in [0.25, 0.3) is 29.5 Å². The molecule has 9 aromatic carbocycles. The summed E-state index contributed by atoms with van der Waals surface area (Å²) in [7, 11) is -15.3. The minimum Gasteiger partial charge on any atom is -0.497 e. The summed E-state index contributed by atoms with van der Waals surface area (Å²) >= 11 is 7.15. The summed E-state index contributed by atoms with van der Waals surface area (Å²) in [6.07, 6.45) is 25.0. The van der Waals surface area contributed by atoms with Crippen LogP contribution in [0.5, 0.6) is 11.5 Å². The van der Waals surface area contributed by atoms with E-state index < -0.39 is 109 Å². The summed E-state index contributed by atoms with van der Waals surface area (Å²) in [5.74, 6) is -1.48. The molecule has 0 saturated carbocycles. The second-order valence-corrected chi connectivity index (χ2v) is 47.3. The molecule has 10 N–H and O–H groups in total. The summed E-state index contributed by atoms with van der Waals surface area (Å²) in [6.45, 7) is 8.17. The molecule has 0 spiro atoms. The van der Waals surface area contributed by atoms with Gasteiger partial charge in [-0.2, -0.15) is 0 Å². The van der Waals surface area contributed by atoms with Crippen LogP contribution in [0.2, 0.25) is 5.02 Å². The van der Waals surface area contributed by atoms with Gasteiger partial charge in [0.05, 0.1) is 66.1 Å².